The van der Waals surface area contributed by atoms with E-state index in [0.29, 0.717) is 6.42 Å². The van der Waals surface area contributed by atoms with Crippen molar-refractivity contribution < 1.29 is 14.4 Å². The van der Waals surface area contributed by atoms with E-state index in [1.807, 2.05) is 30.3 Å². The summed E-state index contributed by atoms with van der Waals surface area (Å²) in [6.07, 6.45) is 5.01. The lowest BCUT2D eigenvalue weighted by atomic mass is 10.0. The van der Waals surface area contributed by atoms with Crippen LogP contribution in [-0.4, -0.2) is 17.9 Å². The first-order valence-electron chi connectivity index (χ1n) is 9.45. The maximum atomic E-state index is 11.8. The van der Waals surface area contributed by atoms with Crippen LogP contribution in [0, 0.1) is 0 Å². The number of nitrogens with two attached hydrogens (primary N) is 1. The minimum atomic E-state index is -0.716. The zero-order valence-electron chi connectivity index (χ0n) is 15.8. The number of hydroxylamine groups is 1. The van der Waals surface area contributed by atoms with E-state index in [4.69, 9.17) is 10.6 Å². The Kier molecular flexibility index (Phi) is 8.52. The van der Waals surface area contributed by atoms with Crippen LogP contribution in [0.25, 0.3) is 0 Å². The van der Waals surface area contributed by atoms with Crippen molar-refractivity contribution in [1.82, 2.24) is 5.48 Å². The molecule has 2 aromatic carbocycles. The zero-order valence-corrected chi connectivity index (χ0v) is 15.8. The third kappa shape index (κ3) is 7.62. The summed E-state index contributed by atoms with van der Waals surface area (Å²) in [5.41, 5.74) is 11.2. The Labute approximate surface area is 160 Å². The predicted molar refractivity (Wildman–Crippen MR) is 106 cm³/mol. The zero-order chi connectivity index (χ0) is 19.5. The number of amides is 1. The molecular formula is C22H28N2O3. The van der Waals surface area contributed by atoms with Crippen molar-refractivity contribution in [3.05, 3.63) is 71.3 Å². The van der Waals surface area contributed by atoms with Crippen LogP contribution in [0.1, 0.15) is 42.9 Å². The lowest BCUT2D eigenvalue weighted by molar-refractivity contribution is -0.159. The number of unbranched alkanes of at least 4 members (excludes halogenated alkanes) is 1. The molecule has 1 amide bonds. The van der Waals surface area contributed by atoms with Crippen LogP contribution < -0.4 is 11.2 Å². The van der Waals surface area contributed by atoms with Crippen molar-refractivity contribution >= 4 is 11.9 Å². The molecule has 0 fully saturated rings. The molecule has 0 aliphatic rings. The Morgan fingerprint density at radius 1 is 0.926 bits per heavy atom. The molecule has 0 spiro atoms. The van der Waals surface area contributed by atoms with Crippen LogP contribution in [0.4, 0.5) is 0 Å². The second-order valence-electron chi connectivity index (χ2n) is 6.65. The number of hydrogen-bond donors (Lipinski definition) is 2. The topological polar surface area (TPSA) is 81.4 Å². The Morgan fingerprint density at radius 2 is 1.48 bits per heavy atom. The van der Waals surface area contributed by atoms with Gasteiger partial charge in [0.05, 0.1) is 6.42 Å². The van der Waals surface area contributed by atoms with Crippen molar-refractivity contribution in [1.29, 1.82) is 0 Å². The summed E-state index contributed by atoms with van der Waals surface area (Å²) in [7, 11) is 0. The first-order valence-corrected chi connectivity index (χ1v) is 9.45. The summed E-state index contributed by atoms with van der Waals surface area (Å²) in [5.74, 6) is -1.00. The van der Waals surface area contributed by atoms with E-state index in [9.17, 15) is 9.59 Å². The van der Waals surface area contributed by atoms with Crippen LogP contribution in [0.5, 0.6) is 0 Å². The normalized spacial score (nSPS) is 11.6. The molecule has 144 valence electrons. The van der Waals surface area contributed by atoms with E-state index in [1.165, 1.54) is 11.1 Å². The molecule has 0 saturated heterocycles. The van der Waals surface area contributed by atoms with Gasteiger partial charge >= 0.3 is 5.97 Å². The smallest absolute Gasteiger partial charge is 0.339 e. The van der Waals surface area contributed by atoms with Crippen LogP contribution in [0.2, 0.25) is 0 Å². The maximum absolute atomic E-state index is 11.8. The highest BCUT2D eigenvalue weighted by atomic mass is 16.7. The van der Waals surface area contributed by atoms with Crippen molar-refractivity contribution in [3.63, 3.8) is 0 Å². The van der Waals surface area contributed by atoms with Crippen molar-refractivity contribution in [3.8, 4) is 0 Å². The van der Waals surface area contributed by atoms with Gasteiger partial charge in [-0.05, 0) is 48.8 Å². The average molecular weight is 368 g/mol. The Balaban J connectivity index is 1.68. The predicted octanol–water partition coefficient (Wildman–Crippen LogP) is 3.11. The van der Waals surface area contributed by atoms with Gasteiger partial charge in [-0.25, -0.2) is 4.79 Å². The van der Waals surface area contributed by atoms with Crippen LogP contribution >= 0.6 is 0 Å². The molecule has 0 aliphatic carbocycles. The fourth-order valence-electron chi connectivity index (χ4n) is 2.70. The lowest BCUT2D eigenvalue weighted by Crippen LogP contribution is -2.37. The number of nitrogens with one attached hydrogen (secondary N) is 1. The fraction of sp³-hybridized carbons (Fsp3) is 0.364. The second-order valence-corrected chi connectivity index (χ2v) is 6.65. The third-order valence-corrected chi connectivity index (χ3v) is 4.42. The van der Waals surface area contributed by atoms with Crippen molar-refractivity contribution in [2.24, 2.45) is 5.73 Å². The molecule has 1 unspecified atom stereocenters. The molecule has 2 rings (SSSR count). The second kappa shape index (κ2) is 11.1. The van der Waals surface area contributed by atoms with Crippen molar-refractivity contribution in [2.45, 2.75) is 51.5 Å². The molecular weight excluding hydrogens is 340 g/mol. The molecule has 0 bridgehead atoms. The van der Waals surface area contributed by atoms with Gasteiger partial charge in [-0.1, -0.05) is 61.5 Å². The Hall–Kier alpha value is -2.66. The molecule has 0 heterocycles. The van der Waals surface area contributed by atoms with Gasteiger partial charge in [0.1, 0.15) is 6.04 Å². The molecule has 5 nitrogen and oxygen atoms in total. The molecule has 2 aromatic rings. The highest BCUT2D eigenvalue weighted by molar-refractivity contribution is 5.81. The van der Waals surface area contributed by atoms with Gasteiger partial charge in [0.15, 0.2) is 0 Å². The van der Waals surface area contributed by atoms with Crippen LogP contribution in [0.3, 0.4) is 0 Å². The lowest BCUT2D eigenvalue weighted by Gasteiger charge is -2.09. The first-order chi connectivity index (χ1) is 13.1. The number of rotatable bonds is 9. The number of benzene rings is 2. The Bertz CT molecular complexity index is 714. The maximum Gasteiger partial charge on any atom is 0.348 e. The molecule has 0 aromatic heterocycles. The standard InChI is InChI=1S/C22H28N2O3/c1-2-20(23)22(26)27-24-21(25)16-19-14-12-18(13-15-19)11-7-6-10-17-8-4-3-5-9-17/h3-5,8-9,12-15,20H,2,6-7,10-11,16,23H2,1H3,(H,24,25). The average Bonchev–Trinajstić information content (AvgIpc) is 2.70. The van der Waals surface area contributed by atoms with Crippen molar-refractivity contribution in [2.75, 3.05) is 0 Å². The monoisotopic (exact) mass is 368 g/mol. The fourth-order valence-corrected chi connectivity index (χ4v) is 2.70. The quantitative estimate of drug-likeness (QED) is 0.526. The van der Waals surface area contributed by atoms with Gasteiger partial charge in [-0.15, -0.1) is 0 Å². The molecule has 3 N–H and O–H groups in total. The Morgan fingerprint density at radius 3 is 2.07 bits per heavy atom. The van der Waals surface area contributed by atoms with E-state index >= 15 is 0 Å². The van der Waals surface area contributed by atoms with Gasteiger partial charge in [0, 0.05) is 0 Å². The van der Waals surface area contributed by atoms with Gasteiger partial charge < -0.3 is 10.6 Å². The van der Waals surface area contributed by atoms with E-state index in [2.05, 4.69) is 29.7 Å². The summed E-state index contributed by atoms with van der Waals surface area (Å²) >= 11 is 0. The molecule has 1 atom stereocenters. The summed E-state index contributed by atoms with van der Waals surface area (Å²) in [6.45, 7) is 1.77. The van der Waals surface area contributed by atoms with E-state index in [0.717, 1.165) is 31.2 Å². The van der Waals surface area contributed by atoms with E-state index in [1.54, 1.807) is 6.92 Å². The SMILES string of the molecule is CCC(N)C(=O)ONC(=O)Cc1ccc(CCCCc2ccccc2)cc1. The van der Waals surface area contributed by atoms with Gasteiger partial charge in [-0.3, -0.25) is 4.79 Å². The first kappa shape index (κ1) is 20.6. The third-order valence-electron chi connectivity index (χ3n) is 4.42. The summed E-state index contributed by atoms with van der Waals surface area (Å²) in [5, 5.41) is 0. The summed E-state index contributed by atoms with van der Waals surface area (Å²) in [4.78, 5) is 27.9. The number of hydrogen-bond acceptors (Lipinski definition) is 4. The largest absolute Gasteiger partial charge is 0.348 e. The highest BCUT2D eigenvalue weighted by Crippen LogP contribution is 2.11. The van der Waals surface area contributed by atoms with Gasteiger partial charge in [0.25, 0.3) is 5.91 Å². The minimum absolute atomic E-state index is 0.156. The molecule has 27 heavy (non-hydrogen) atoms. The number of carbonyl (C=O) groups excluding carboxylic acids is 2. The molecule has 0 aliphatic heterocycles. The summed E-state index contributed by atoms with van der Waals surface area (Å²) in [6, 6.07) is 17.7. The van der Waals surface area contributed by atoms with E-state index in [-0.39, 0.29) is 12.3 Å². The van der Waals surface area contributed by atoms with Gasteiger partial charge in [-0.2, -0.15) is 5.48 Å². The number of aryl methyl sites for hydroxylation is 2. The number of carbonyl (C=O) groups is 2. The minimum Gasteiger partial charge on any atom is -0.339 e. The molecule has 0 saturated carbocycles. The van der Waals surface area contributed by atoms with Gasteiger partial charge in [0.2, 0.25) is 0 Å². The van der Waals surface area contributed by atoms with Crippen LogP contribution in [-0.2, 0) is 33.7 Å². The van der Waals surface area contributed by atoms with E-state index < -0.39 is 12.0 Å². The highest BCUT2D eigenvalue weighted by Gasteiger charge is 2.14. The van der Waals surface area contributed by atoms with Crippen LogP contribution in [0.15, 0.2) is 54.6 Å². The molecule has 0 radical (unpaired) electrons. The molecule has 5 heteroatoms. The summed E-state index contributed by atoms with van der Waals surface area (Å²) < 4.78 is 0.